The smallest absolute Gasteiger partial charge is 0.335 e. The van der Waals surface area contributed by atoms with E-state index in [1.807, 2.05) is 0 Å². The van der Waals surface area contributed by atoms with E-state index in [1.54, 1.807) is 18.2 Å². The van der Waals surface area contributed by atoms with Gasteiger partial charge in [-0.25, -0.2) is 4.79 Å². The molecule has 0 atom stereocenters. The zero-order valence-electron chi connectivity index (χ0n) is 10.6. The maximum atomic E-state index is 11.0. The summed E-state index contributed by atoms with van der Waals surface area (Å²) in [6, 6.07) is 9.15. The molecule has 21 heavy (non-hydrogen) atoms. The van der Waals surface area contributed by atoms with E-state index in [-0.39, 0.29) is 22.8 Å². The number of pyridine rings is 1. The maximum absolute atomic E-state index is 11.0. The molecule has 2 aromatic heterocycles. The summed E-state index contributed by atoms with van der Waals surface area (Å²) >= 11 is 0. The van der Waals surface area contributed by atoms with Crippen LogP contribution in [0.15, 0.2) is 51.9 Å². The number of carboxylic acids is 1. The van der Waals surface area contributed by atoms with E-state index in [4.69, 9.17) is 9.63 Å². The molecular weight excluding hydrogens is 274 g/mol. The van der Waals surface area contributed by atoms with Gasteiger partial charge >= 0.3 is 5.97 Å². The number of carbonyl (C=O) groups is 1. The van der Waals surface area contributed by atoms with Crippen LogP contribution >= 0.6 is 0 Å². The van der Waals surface area contributed by atoms with Gasteiger partial charge in [0.15, 0.2) is 0 Å². The van der Waals surface area contributed by atoms with Gasteiger partial charge in [-0.1, -0.05) is 17.3 Å². The second-order valence-electron chi connectivity index (χ2n) is 4.25. The van der Waals surface area contributed by atoms with E-state index in [2.05, 4.69) is 15.1 Å². The molecule has 0 aliphatic carbocycles. The van der Waals surface area contributed by atoms with Crippen molar-refractivity contribution in [3.8, 4) is 22.8 Å². The largest absolute Gasteiger partial charge is 0.478 e. The van der Waals surface area contributed by atoms with E-state index in [0.717, 1.165) is 0 Å². The van der Waals surface area contributed by atoms with E-state index in [0.29, 0.717) is 11.1 Å². The Kier molecular flexibility index (Phi) is 3.07. The van der Waals surface area contributed by atoms with Gasteiger partial charge in [0, 0.05) is 17.8 Å². The van der Waals surface area contributed by atoms with Crippen molar-refractivity contribution in [2.24, 2.45) is 0 Å². The summed E-state index contributed by atoms with van der Waals surface area (Å²) in [5, 5.41) is 12.8. The number of rotatable bonds is 3. The monoisotopic (exact) mass is 283 g/mol. The van der Waals surface area contributed by atoms with Crippen molar-refractivity contribution in [3.63, 3.8) is 0 Å². The number of hydrogen-bond donors (Lipinski definition) is 2. The predicted molar refractivity (Wildman–Crippen MR) is 72.8 cm³/mol. The lowest BCUT2D eigenvalue weighted by Gasteiger charge is -1.96. The van der Waals surface area contributed by atoms with Gasteiger partial charge < -0.3 is 14.6 Å². The molecule has 0 radical (unpaired) electrons. The summed E-state index contributed by atoms with van der Waals surface area (Å²) in [5.74, 6) is -0.512. The number of aromatic amines is 1. The lowest BCUT2D eigenvalue weighted by atomic mass is 10.1. The second-order valence-corrected chi connectivity index (χ2v) is 4.25. The third kappa shape index (κ3) is 2.57. The van der Waals surface area contributed by atoms with E-state index >= 15 is 0 Å². The molecule has 3 rings (SSSR count). The van der Waals surface area contributed by atoms with Gasteiger partial charge in [-0.15, -0.1) is 0 Å². The zero-order valence-corrected chi connectivity index (χ0v) is 10.6. The molecule has 7 nitrogen and oxygen atoms in total. The van der Waals surface area contributed by atoms with Crippen molar-refractivity contribution in [1.29, 1.82) is 0 Å². The highest BCUT2D eigenvalue weighted by Crippen LogP contribution is 2.21. The van der Waals surface area contributed by atoms with Crippen LogP contribution in [0.5, 0.6) is 0 Å². The van der Waals surface area contributed by atoms with Crippen LogP contribution in [0.25, 0.3) is 22.8 Å². The van der Waals surface area contributed by atoms with Gasteiger partial charge in [0.1, 0.15) is 0 Å². The van der Waals surface area contributed by atoms with E-state index < -0.39 is 5.97 Å². The summed E-state index contributed by atoms with van der Waals surface area (Å²) < 4.78 is 5.11. The summed E-state index contributed by atoms with van der Waals surface area (Å²) in [4.78, 5) is 28.6. The number of nitrogens with zero attached hydrogens (tertiary/aromatic N) is 2. The predicted octanol–water partition coefficient (Wildman–Crippen LogP) is 1.79. The van der Waals surface area contributed by atoms with Crippen molar-refractivity contribution in [2.45, 2.75) is 0 Å². The molecule has 7 heteroatoms. The van der Waals surface area contributed by atoms with Crippen LogP contribution in [0, 0.1) is 0 Å². The fraction of sp³-hybridized carbons (Fsp3) is 0. The summed E-state index contributed by atoms with van der Waals surface area (Å²) in [6.07, 6.45) is 1.47. The molecule has 0 bridgehead atoms. The van der Waals surface area contributed by atoms with Crippen LogP contribution in [0.2, 0.25) is 0 Å². The fourth-order valence-electron chi connectivity index (χ4n) is 1.79. The Balaban J connectivity index is 1.98. The van der Waals surface area contributed by atoms with Crippen LogP contribution < -0.4 is 5.56 Å². The van der Waals surface area contributed by atoms with Crippen LogP contribution in [0.3, 0.4) is 0 Å². The molecule has 0 fully saturated rings. The normalized spacial score (nSPS) is 10.5. The fourth-order valence-corrected chi connectivity index (χ4v) is 1.79. The number of benzene rings is 1. The number of aromatic carboxylic acids is 1. The first-order valence-corrected chi connectivity index (χ1v) is 6.00. The third-order valence-electron chi connectivity index (χ3n) is 2.82. The highest BCUT2D eigenvalue weighted by Gasteiger charge is 2.12. The van der Waals surface area contributed by atoms with Crippen molar-refractivity contribution in [1.82, 2.24) is 15.1 Å². The number of carboxylic acid groups (broad SMARTS) is 1. The highest BCUT2D eigenvalue weighted by atomic mass is 16.5. The third-order valence-corrected chi connectivity index (χ3v) is 2.82. The average Bonchev–Trinajstić information content (AvgIpc) is 2.98. The Morgan fingerprint density at radius 2 is 2.05 bits per heavy atom. The van der Waals surface area contributed by atoms with Crippen LogP contribution in [-0.2, 0) is 0 Å². The molecule has 0 aliphatic heterocycles. The van der Waals surface area contributed by atoms with Gasteiger partial charge in [0.05, 0.1) is 11.1 Å². The zero-order chi connectivity index (χ0) is 14.8. The van der Waals surface area contributed by atoms with Gasteiger partial charge in [-0.2, -0.15) is 4.98 Å². The minimum absolute atomic E-state index is 0.142. The molecule has 0 unspecified atom stereocenters. The standard InChI is InChI=1S/C14H9N3O4/c18-11-5-4-10(7-15-11)13-16-12(17-21-13)8-2-1-3-9(6-8)14(19)20/h1-7H,(H,15,18)(H,19,20). The molecule has 0 aliphatic rings. The Morgan fingerprint density at radius 1 is 1.19 bits per heavy atom. The topological polar surface area (TPSA) is 109 Å². The molecule has 1 aromatic carbocycles. The number of nitrogens with one attached hydrogen (secondary N) is 1. The molecular formula is C14H9N3O4. The van der Waals surface area contributed by atoms with Crippen molar-refractivity contribution in [3.05, 3.63) is 58.5 Å². The second kappa shape index (κ2) is 5.04. The SMILES string of the molecule is O=C(O)c1cccc(-c2noc(-c3ccc(=O)[nH]c3)n2)c1. The van der Waals surface area contributed by atoms with Crippen molar-refractivity contribution < 1.29 is 14.4 Å². The van der Waals surface area contributed by atoms with Crippen LogP contribution in [0.4, 0.5) is 0 Å². The van der Waals surface area contributed by atoms with Crippen molar-refractivity contribution in [2.75, 3.05) is 0 Å². The molecule has 0 saturated carbocycles. The quantitative estimate of drug-likeness (QED) is 0.758. The first-order chi connectivity index (χ1) is 10.1. The first-order valence-electron chi connectivity index (χ1n) is 6.00. The van der Waals surface area contributed by atoms with E-state index in [1.165, 1.54) is 24.4 Å². The molecule has 2 heterocycles. The molecule has 0 amide bonds. The van der Waals surface area contributed by atoms with Gasteiger partial charge in [-0.3, -0.25) is 4.79 Å². The summed E-state index contributed by atoms with van der Waals surface area (Å²) in [5.41, 5.74) is 1.02. The molecule has 3 aromatic rings. The highest BCUT2D eigenvalue weighted by molar-refractivity contribution is 5.89. The molecule has 2 N–H and O–H groups in total. The summed E-state index contributed by atoms with van der Waals surface area (Å²) in [7, 11) is 0. The number of aromatic nitrogens is 3. The first kappa shape index (κ1) is 12.8. The Morgan fingerprint density at radius 3 is 2.76 bits per heavy atom. The molecule has 0 spiro atoms. The minimum Gasteiger partial charge on any atom is -0.478 e. The van der Waals surface area contributed by atoms with Crippen LogP contribution in [-0.4, -0.2) is 26.2 Å². The van der Waals surface area contributed by atoms with Crippen LogP contribution in [0.1, 0.15) is 10.4 Å². The maximum Gasteiger partial charge on any atom is 0.335 e. The van der Waals surface area contributed by atoms with Crippen molar-refractivity contribution >= 4 is 5.97 Å². The van der Waals surface area contributed by atoms with Gasteiger partial charge in [0.25, 0.3) is 5.89 Å². The van der Waals surface area contributed by atoms with Gasteiger partial charge in [0.2, 0.25) is 11.4 Å². The molecule has 0 saturated heterocycles. The number of hydrogen-bond acceptors (Lipinski definition) is 5. The Bertz CT molecular complexity index is 846. The molecule has 104 valence electrons. The number of H-pyrrole nitrogens is 1. The lowest BCUT2D eigenvalue weighted by molar-refractivity contribution is 0.0697. The Hall–Kier alpha value is -3.22. The average molecular weight is 283 g/mol. The lowest BCUT2D eigenvalue weighted by Crippen LogP contribution is -2.01. The Labute approximate surface area is 117 Å². The summed E-state index contributed by atoms with van der Waals surface area (Å²) in [6.45, 7) is 0. The minimum atomic E-state index is -1.03. The van der Waals surface area contributed by atoms with Gasteiger partial charge in [-0.05, 0) is 18.2 Å². The van der Waals surface area contributed by atoms with E-state index in [9.17, 15) is 9.59 Å².